The van der Waals surface area contributed by atoms with Gasteiger partial charge in [0, 0.05) is 12.0 Å². The summed E-state index contributed by atoms with van der Waals surface area (Å²) in [7, 11) is 0. The van der Waals surface area contributed by atoms with Crippen LogP contribution < -0.4 is 0 Å². The van der Waals surface area contributed by atoms with E-state index in [1.165, 1.54) is 11.1 Å². The molecule has 15 heavy (non-hydrogen) atoms. The zero-order valence-electron chi connectivity index (χ0n) is 8.49. The number of carbonyl (C=O) groups is 1. The molecule has 1 heteroatoms. The summed E-state index contributed by atoms with van der Waals surface area (Å²) in [6.45, 7) is 0. The number of hydrogen-bond acceptors (Lipinski definition) is 1. The van der Waals surface area contributed by atoms with Crippen LogP contribution in [0.25, 0.3) is 5.57 Å². The third-order valence-electron chi connectivity index (χ3n) is 3.20. The molecule has 0 saturated carbocycles. The maximum Gasteiger partial charge on any atom is 0.163 e. The zero-order valence-corrected chi connectivity index (χ0v) is 8.49. The molecule has 0 N–H and O–H groups in total. The van der Waals surface area contributed by atoms with Crippen molar-refractivity contribution in [3.8, 4) is 0 Å². The standard InChI is InChI=1S/C14H12O/c15-14-7-3-6-12-11-5-2-1-4-10(11)8-9-13(12)14/h1-6H,7-9H2. The second kappa shape index (κ2) is 3.20. The van der Waals surface area contributed by atoms with Gasteiger partial charge in [0.25, 0.3) is 0 Å². The summed E-state index contributed by atoms with van der Waals surface area (Å²) in [5.41, 5.74) is 4.82. The van der Waals surface area contributed by atoms with Crippen molar-refractivity contribution in [3.63, 3.8) is 0 Å². The molecule has 0 bridgehead atoms. The topological polar surface area (TPSA) is 17.1 Å². The Morgan fingerprint density at radius 2 is 1.93 bits per heavy atom. The molecular formula is C14H12O. The fourth-order valence-corrected chi connectivity index (χ4v) is 2.44. The van der Waals surface area contributed by atoms with E-state index >= 15 is 0 Å². The monoisotopic (exact) mass is 196 g/mol. The van der Waals surface area contributed by atoms with E-state index in [4.69, 9.17) is 0 Å². The van der Waals surface area contributed by atoms with Gasteiger partial charge in [0.2, 0.25) is 0 Å². The van der Waals surface area contributed by atoms with Crippen molar-refractivity contribution in [2.45, 2.75) is 19.3 Å². The van der Waals surface area contributed by atoms with Crippen LogP contribution in [-0.4, -0.2) is 5.78 Å². The van der Waals surface area contributed by atoms with Crippen molar-refractivity contribution in [1.82, 2.24) is 0 Å². The lowest BCUT2D eigenvalue weighted by Gasteiger charge is -2.22. The van der Waals surface area contributed by atoms with Crippen molar-refractivity contribution in [2.75, 3.05) is 0 Å². The number of hydrogen-bond donors (Lipinski definition) is 0. The first kappa shape index (κ1) is 8.66. The lowest BCUT2D eigenvalue weighted by molar-refractivity contribution is -0.115. The average Bonchev–Trinajstić information content (AvgIpc) is 2.29. The Morgan fingerprint density at radius 3 is 2.87 bits per heavy atom. The number of aryl methyl sites for hydroxylation is 1. The first-order valence-corrected chi connectivity index (χ1v) is 5.37. The summed E-state index contributed by atoms with van der Waals surface area (Å²) < 4.78 is 0. The Bertz CT molecular complexity index is 492. The molecule has 3 rings (SSSR count). The summed E-state index contributed by atoms with van der Waals surface area (Å²) >= 11 is 0. The number of Topliss-reactive ketones (excluding diaryl/α,β-unsaturated/α-hetero) is 1. The molecule has 2 aliphatic rings. The van der Waals surface area contributed by atoms with Crippen molar-refractivity contribution in [3.05, 3.63) is 53.1 Å². The Morgan fingerprint density at radius 1 is 1.07 bits per heavy atom. The molecule has 0 aromatic heterocycles. The summed E-state index contributed by atoms with van der Waals surface area (Å²) in [6.07, 6.45) is 6.59. The molecule has 0 spiro atoms. The summed E-state index contributed by atoms with van der Waals surface area (Å²) in [6, 6.07) is 8.39. The number of fused-ring (bicyclic) bond motifs is 2. The van der Waals surface area contributed by atoms with Crippen molar-refractivity contribution >= 4 is 11.4 Å². The van der Waals surface area contributed by atoms with E-state index in [2.05, 4.69) is 24.3 Å². The molecule has 1 nitrogen and oxygen atoms in total. The lowest BCUT2D eigenvalue weighted by atomic mass is 9.81. The predicted octanol–water partition coefficient (Wildman–Crippen LogP) is 2.92. The number of rotatable bonds is 0. The second-order valence-electron chi connectivity index (χ2n) is 4.08. The predicted molar refractivity (Wildman–Crippen MR) is 60.4 cm³/mol. The highest BCUT2D eigenvalue weighted by Crippen LogP contribution is 2.35. The van der Waals surface area contributed by atoms with E-state index in [1.807, 2.05) is 12.1 Å². The minimum atomic E-state index is 0.307. The quantitative estimate of drug-likeness (QED) is 0.623. The fourth-order valence-electron chi connectivity index (χ4n) is 2.44. The molecule has 0 amide bonds. The van der Waals surface area contributed by atoms with Crippen LogP contribution in [0.3, 0.4) is 0 Å². The maximum absolute atomic E-state index is 11.7. The molecule has 2 aliphatic carbocycles. The fraction of sp³-hybridized carbons (Fsp3) is 0.214. The SMILES string of the molecule is O=C1CC=CC2=C1CCc1ccccc12. The van der Waals surface area contributed by atoms with Gasteiger partial charge in [0.1, 0.15) is 0 Å². The van der Waals surface area contributed by atoms with E-state index < -0.39 is 0 Å². The Hall–Kier alpha value is -1.63. The van der Waals surface area contributed by atoms with E-state index in [-0.39, 0.29) is 0 Å². The third kappa shape index (κ3) is 1.27. The van der Waals surface area contributed by atoms with Gasteiger partial charge in [-0.1, -0.05) is 36.4 Å². The van der Waals surface area contributed by atoms with Crippen LogP contribution in [0.4, 0.5) is 0 Å². The largest absolute Gasteiger partial charge is 0.294 e. The van der Waals surface area contributed by atoms with Gasteiger partial charge in [-0.05, 0) is 29.5 Å². The molecule has 74 valence electrons. The molecule has 1 aromatic carbocycles. The van der Waals surface area contributed by atoms with Crippen LogP contribution in [-0.2, 0) is 11.2 Å². The van der Waals surface area contributed by atoms with Crippen LogP contribution in [0.2, 0.25) is 0 Å². The molecular weight excluding hydrogens is 184 g/mol. The second-order valence-corrected chi connectivity index (χ2v) is 4.08. The van der Waals surface area contributed by atoms with Gasteiger partial charge >= 0.3 is 0 Å². The van der Waals surface area contributed by atoms with Gasteiger partial charge in [-0.25, -0.2) is 0 Å². The first-order chi connectivity index (χ1) is 7.36. The first-order valence-electron chi connectivity index (χ1n) is 5.37. The molecule has 0 atom stereocenters. The van der Waals surface area contributed by atoms with Crippen molar-refractivity contribution < 1.29 is 4.79 Å². The van der Waals surface area contributed by atoms with Crippen molar-refractivity contribution in [1.29, 1.82) is 0 Å². The minimum absolute atomic E-state index is 0.307. The normalized spacial score (nSPS) is 18.8. The lowest BCUT2D eigenvalue weighted by Crippen LogP contribution is -2.13. The molecule has 0 radical (unpaired) electrons. The summed E-state index contributed by atoms with van der Waals surface area (Å²) in [5.74, 6) is 0.307. The van der Waals surface area contributed by atoms with Gasteiger partial charge < -0.3 is 0 Å². The maximum atomic E-state index is 11.7. The van der Waals surface area contributed by atoms with Crippen LogP contribution in [0.1, 0.15) is 24.0 Å². The number of allylic oxidation sites excluding steroid dienone is 4. The molecule has 0 saturated heterocycles. The third-order valence-corrected chi connectivity index (χ3v) is 3.20. The van der Waals surface area contributed by atoms with Crippen molar-refractivity contribution in [2.24, 2.45) is 0 Å². The Balaban J connectivity index is 2.23. The number of carbonyl (C=O) groups excluding carboxylic acids is 1. The van der Waals surface area contributed by atoms with Gasteiger partial charge in [-0.3, -0.25) is 4.79 Å². The van der Waals surface area contributed by atoms with Crippen LogP contribution >= 0.6 is 0 Å². The van der Waals surface area contributed by atoms with Crippen LogP contribution in [0, 0.1) is 0 Å². The highest BCUT2D eigenvalue weighted by atomic mass is 16.1. The Labute approximate surface area is 89.1 Å². The molecule has 0 heterocycles. The number of benzene rings is 1. The zero-order chi connectivity index (χ0) is 10.3. The van der Waals surface area contributed by atoms with E-state index in [9.17, 15) is 4.79 Å². The van der Waals surface area contributed by atoms with Gasteiger partial charge in [0.05, 0.1) is 0 Å². The number of ketones is 1. The van der Waals surface area contributed by atoms with E-state index in [0.29, 0.717) is 12.2 Å². The molecule has 1 aromatic rings. The highest BCUT2D eigenvalue weighted by molar-refractivity contribution is 6.08. The van der Waals surface area contributed by atoms with Gasteiger partial charge in [-0.2, -0.15) is 0 Å². The highest BCUT2D eigenvalue weighted by Gasteiger charge is 2.22. The van der Waals surface area contributed by atoms with E-state index in [1.54, 1.807) is 0 Å². The van der Waals surface area contributed by atoms with Crippen LogP contribution in [0.5, 0.6) is 0 Å². The van der Waals surface area contributed by atoms with E-state index in [0.717, 1.165) is 24.0 Å². The van der Waals surface area contributed by atoms with Gasteiger partial charge in [0.15, 0.2) is 5.78 Å². The van der Waals surface area contributed by atoms with Crippen LogP contribution in [0.15, 0.2) is 42.0 Å². The molecule has 0 unspecified atom stereocenters. The average molecular weight is 196 g/mol. The molecule has 0 fully saturated rings. The van der Waals surface area contributed by atoms with Gasteiger partial charge in [-0.15, -0.1) is 0 Å². The summed E-state index contributed by atoms with van der Waals surface area (Å²) in [4.78, 5) is 11.7. The Kier molecular flexibility index (Phi) is 1.84. The molecule has 0 aliphatic heterocycles. The minimum Gasteiger partial charge on any atom is -0.294 e. The summed E-state index contributed by atoms with van der Waals surface area (Å²) in [5, 5.41) is 0. The smallest absolute Gasteiger partial charge is 0.163 e.